The molecule has 1 aromatic carbocycles. The number of hydrogen-bond acceptors (Lipinski definition) is 3. The Morgan fingerprint density at radius 3 is 2.95 bits per heavy atom. The van der Waals surface area contributed by atoms with Crippen LogP contribution >= 0.6 is 0 Å². The highest BCUT2D eigenvalue weighted by Gasteiger charge is 2.17. The van der Waals surface area contributed by atoms with Gasteiger partial charge in [-0.2, -0.15) is 0 Å². The Morgan fingerprint density at radius 1 is 1.42 bits per heavy atom. The molecule has 2 N–H and O–H groups in total. The first kappa shape index (κ1) is 13.5. The fraction of sp³-hybridized carbons (Fsp3) is 0.429. The van der Waals surface area contributed by atoms with Crippen LogP contribution in [-0.2, 0) is 22.4 Å². The highest BCUT2D eigenvalue weighted by atomic mass is 16.2. The van der Waals surface area contributed by atoms with Gasteiger partial charge in [-0.15, -0.1) is 0 Å². The number of carbonyl (C=O) groups excluding carboxylic acids is 2. The fourth-order valence-corrected chi connectivity index (χ4v) is 2.06. The molecular weight excluding hydrogens is 242 g/mol. The molecule has 0 fully saturated rings. The Bertz CT molecular complexity index is 497. The maximum Gasteiger partial charge on any atom is 0.228 e. The molecule has 2 amide bonds. The molecule has 19 heavy (non-hydrogen) atoms. The highest BCUT2D eigenvalue weighted by molar-refractivity contribution is 5.99. The Morgan fingerprint density at radius 2 is 2.21 bits per heavy atom. The van der Waals surface area contributed by atoms with E-state index in [-0.39, 0.29) is 11.8 Å². The van der Waals surface area contributed by atoms with Crippen LogP contribution in [0.1, 0.15) is 11.1 Å². The standard InChI is InChI=1S/C14H19N3O2/c1-17(2)6-5-15-13(18)8-10-3-4-12-11(7-10)9-14(19)16-12/h3-4,7H,5-6,8-9H2,1-2H3,(H,15,18)(H,16,19). The molecule has 2 rings (SSSR count). The van der Waals surface area contributed by atoms with E-state index in [1.165, 1.54) is 0 Å². The van der Waals surface area contributed by atoms with E-state index in [1.54, 1.807) is 0 Å². The van der Waals surface area contributed by atoms with Crippen LogP contribution < -0.4 is 10.6 Å². The third kappa shape index (κ3) is 3.79. The van der Waals surface area contributed by atoms with Gasteiger partial charge in [0.2, 0.25) is 11.8 Å². The summed E-state index contributed by atoms with van der Waals surface area (Å²) in [6, 6.07) is 5.68. The summed E-state index contributed by atoms with van der Waals surface area (Å²) in [5, 5.41) is 5.66. The van der Waals surface area contributed by atoms with Crippen LogP contribution in [0.3, 0.4) is 0 Å². The molecule has 1 aliphatic rings. The van der Waals surface area contributed by atoms with Gasteiger partial charge >= 0.3 is 0 Å². The van der Waals surface area contributed by atoms with E-state index >= 15 is 0 Å². The van der Waals surface area contributed by atoms with Gasteiger partial charge in [-0.25, -0.2) is 0 Å². The second kappa shape index (κ2) is 5.84. The first-order valence-corrected chi connectivity index (χ1v) is 6.37. The van der Waals surface area contributed by atoms with E-state index in [1.807, 2.05) is 37.2 Å². The highest BCUT2D eigenvalue weighted by Crippen LogP contribution is 2.23. The Kier molecular flexibility index (Phi) is 4.16. The molecule has 0 saturated carbocycles. The summed E-state index contributed by atoms with van der Waals surface area (Å²) in [5.41, 5.74) is 2.78. The van der Waals surface area contributed by atoms with Gasteiger partial charge in [0.15, 0.2) is 0 Å². The number of likely N-dealkylation sites (N-methyl/N-ethyl adjacent to an activating group) is 1. The van der Waals surface area contributed by atoms with Crippen LogP contribution in [0.4, 0.5) is 5.69 Å². The first-order valence-electron chi connectivity index (χ1n) is 6.37. The third-order valence-corrected chi connectivity index (χ3v) is 3.04. The number of benzene rings is 1. The minimum absolute atomic E-state index is 0.0130. The van der Waals surface area contributed by atoms with Crippen molar-refractivity contribution < 1.29 is 9.59 Å². The molecule has 1 aromatic rings. The van der Waals surface area contributed by atoms with Crippen molar-refractivity contribution >= 4 is 17.5 Å². The SMILES string of the molecule is CN(C)CCNC(=O)Cc1ccc2c(c1)CC(=O)N2. The lowest BCUT2D eigenvalue weighted by Crippen LogP contribution is -2.32. The van der Waals surface area contributed by atoms with Crippen molar-refractivity contribution in [1.29, 1.82) is 0 Å². The lowest BCUT2D eigenvalue weighted by atomic mass is 10.1. The van der Waals surface area contributed by atoms with Gasteiger partial charge in [-0.05, 0) is 31.3 Å². The fourth-order valence-electron chi connectivity index (χ4n) is 2.06. The Labute approximate surface area is 113 Å². The Balaban J connectivity index is 1.88. The van der Waals surface area contributed by atoms with Gasteiger partial charge in [0.1, 0.15) is 0 Å². The molecule has 0 spiro atoms. The monoisotopic (exact) mass is 261 g/mol. The summed E-state index contributed by atoms with van der Waals surface area (Å²) in [7, 11) is 3.94. The molecule has 0 aromatic heterocycles. The molecule has 0 radical (unpaired) electrons. The molecule has 0 atom stereocenters. The number of hydrogen-bond donors (Lipinski definition) is 2. The summed E-state index contributed by atoms with van der Waals surface area (Å²) in [5.74, 6) is 0.0293. The lowest BCUT2D eigenvalue weighted by Gasteiger charge is -2.10. The van der Waals surface area contributed by atoms with E-state index in [2.05, 4.69) is 10.6 Å². The minimum atomic E-state index is 0.0130. The zero-order chi connectivity index (χ0) is 13.8. The zero-order valence-electron chi connectivity index (χ0n) is 11.3. The number of amides is 2. The van der Waals surface area contributed by atoms with Crippen LogP contribution in [0.15, 0.2) is 18.2 Å². The largest absolute Gasteiger partial charge is 0.355 e. The van der Waals surface area contributed by atoms with Crippen LogP contribution in [0.2, 0.25) is 0 Å². The number of rotatable bonds is 5. The van der Waals surface area contributed by atoms with Gasteiger partial charge < -0.3 is 15.5 Å². The average Bonchev–Trinajstić information content (AvgIpc) is 2.67. The maximum atomic E-state index is 11.7. The zero-order valence-corrected chi connectivity index (χ0v) is 11.3. The van der Waals surface area contributed by atoms with Crippen LogP contribution in [0.5, 0.6) is 0 Å². The summed E-state index contributed by atoms with van der Waals surface area (Å²) in [6.07, 6.45) is 0.764. The van der Waals surface area contributed by atoms with E-state index in [0.29, 0.717) is 19.4 Å². The minimum Gasteiger partial charge on any atom is -0.355 e. The van der Waals surface area contributed by atoms with Crippen LogP contribution in [0.25, 0.3) is 0 Å². The van der Waals surface area contributed by atoms with Crippen LogP contribution in [0, 0.1) is 0 Å². The maximum absolute atomic E-state index is 11.7. The normalized spacial score (nSPS) is 13.3. The van der Waals surface area contributed by atoms with Crippen molar-refractivity contribution in [2.24, 2.45) is 0 Å². The van der Waals surface area contributed by atoms with E-state index in [9.17, 15) is 9.59 Å². The molecule has 0 unspecified atom stereocenters. The molecule has 102 valence electrons. The van der Waals surface area contributed by atoms with Crippen molar-refractivity contribution in [3.05, 3.63) is 29.3 Å². The molecule has 0 bridgehead atoms. The van der Waals surface area contributed by atoms with Crippen molar-refractivity contribution in [3.63, 3.8) is 0 Å². The smallest absolute Gasteiger partial charge is 0.228 e. The molecule has 0 saturated heterocycles. The van der Waals surface area contributed by atoms with E-state index in [0.717, 1.165) is 23.4 Å². The number of nitrogens with one attached hydrogen (secondary N) is 2. The predicted molar refractivity (Wildman–Crippen MR) is 74.0 cm³/mol. The van der Waals surface area contributed by atoms with Gasteiger partial charge in [-0.1, -0.05) is 12.1 Å². The summed E-state index contributed by atoms with van der Waals surface area (Å²) in [6.45, 7) is 1.48. The number of fused-ring (bicyclic) bond motifs is 1. The molecule has 1 heterocycles. The quantitative estimate of drug-likeness (QED) is 0.806. The summed E-state index contributed by atoms with van der Waals surface area (Å²) >= 11 is 0. The molecule has 1 aliphatic heterocycles. The number of anilines is 1. The second-order valence-corrected chi connectivity index (χ2v) is 5.05. The second-order valence-electron chi connectivity index (χ2n) is 5.05. The van der Waals surface area contributed by atoms with E-state index in [4.69, 9.17) is 0 Å². The van der Waals surface area contributed by atoms with Crippen molar-refractivity contribution in [2.75, 3.05) is 32.5 Å². The summed E-state index contributed by atoms with van der Waals surface area (Å²) < 4.78 is 0. The van der Waals surface area contributed by atoms with Crippen LogP contribution in [-0.4, -0.2) is 43.9 Å². The molecular formula is C14H19N3O2. The predicted octanol–water partition coefficient (Wildman–Crippen LogP) is 0.401. The topological polar surface area (TPSA) is 61.4 Å². The third-order valence-electron chi connectivity index (χ3n) is 3.04. The average molecular weight is 261 g/mol. The van der Waals surface area contributed by atoms with Gasteiger partial charge in [0, 0.05) is 18.8 Å². The summed E-state index contributed by atoms with van der Waals surface area (Å²) in [4.78, 5) is 25.0. The number of carbonyl (C=O) groups is 2. The van der Waals surface area contributed by atoms with Crippen molar-refractivity contribution in [2.45, 2.75) is 12.8 Å². The van der Waals surface area contributed by atoms with Gasteiger partial charge in [-0.3, -0.25) is 9.59 Å². The molecule has 5 nitrogen and oxygen atoms in total. The number of nitrogens with zero attached hydrogens (tertiary/aromatic N) is 1. The van der Waals surface area contributed by atoms with Crippen molar-refractivity contribution in [3.8, 4) is 0 Å². The van der Waals surface area contributed by atoms with E-state index < -0.39 is 0 Å². The van der Waals surface area contributed by atoms with Gasteiger partial charge in [0.05, 0.1) is 12.8 Å². The van der Waals surface area contributed by atoms with Crippen molar-refractivity contribution in [1.82, 2.24) is 10.2 Å². The lowest BCUT2D eigenvalue weighted by molar-refractivity contribution is -0.120. The van der Waals surface area contributed by atoms with Gasteiger partial charge in [0.25, 0.3) is 0 Å². The Hall–Kier alpha value is -1.88. The molecule has 5 heteroatoms. The first-order chi connectivity index (χ1) is 9.04. The molecule has 0 aliphatic carbocycles.